The van der Waals surface area contributed by atoms with Crippen molar-refractivity contribution in [3.05, 3.63) is 65.9 Å². The zero-order chi connectivity index (χ0) is 19.9. The van der Waals surface area contributed by atoms with Crippen LogP contribution in [0, 0.1) is 0 Å². The maximum absolute atomic E-state index is 13.1. The molecule has 0 bridgehead atoms. The molecule has 3 rings (SSSR count). The Hall–Kier alpha value is -3.06. The van der Waals surface area contributed by atoms with Crippen molar-refractivity contribution in [3.63, 3.8) is 0 Å². The van der Waals surface area contributed by atoms with Crippen LogP contribution in [0.1, 0.15) is 12.5 Å². The van der Waals surface area contributed by atoms with Gasteiger partial charge in [0, 0.05) is 6.07 Å². The summed E-state index contributed by atoms with van der Waals surface area (Å²) < 4.78 is 10.2. The van der Waals surface area contributed by atoms with E-state index in [-0.39, 0.29) is 17.6 Å². The number of anilines is 1. The molecule has 0 saturated heterocycles. The van der Waals surface area contributed by atoms with Crippen LogP contribution in [0.25, 0.3) is 6.08 Å². The van der Waals surface area contributed by atoms with Crippen LogP contribution in [-0.4, -0.2) is 36.5 Å². The van der Waals surface area contributed by atoms with Crippen molar-refractivity contribution < 1.29 is 19.1 Å². The molecule has 1 aliphatic rings. The van der Waals surface area contributed by atoms with Crippen LogP contribution in [0.5, 0.6) is 5.75 Å². The minimum Gasteiger partial charge on any atom is -0.497 e. The minimum atomic E-state index is -0.353. The summed E-state index contributed by atoms with van der Waals surface area (Å²) in [6.07, 6.45) is 1.73. The second-order valence-corrected chi connectivity index (χ2v) is 6.71. The molecule has 1 heterocycles. The number of amides is 1. The lowest BCUT2D eigenvalue weighted by molar-refractivity contribution is -0.139. The van der Waals surface area contributed by atoms with Gasteiger partial charge in [-0.3, -0.25) is 14.5 Å². The number of carbonyl (C=O) groups is 2. The molecule has 1 aliphatic heterocycles. The summed E-state index contributed by atoms with van der Waals surface area (Å²) in [6.45, 7) is 2.06. The van der Waals surface area contributed by atoms with Gasteiger partial charge in [0.25, 0.3) is 5.91 Å². The molecule has 0 fully saturated rings. The lowest BCUT2D eigenvalue weighted by atomic mass is 10.2. The first-order valence-corrected chi connectivity index (χ1v) is 9.73. The first-order chi connectivity index (χ1) is 13.6. The maximum Gasteiger partial charge on any atom is 0.316 e. The third kappa shape index (κ3) is 4.61. The van der Waals surface area contributed by atoms with E-state index in [9.17, 15) is 9.59 Å². The molecule has 0 unspecified atom stereocenters. The highest BCUT2D eigenvalue weighted by Crippen LogP contribution is 2.31. The van der Waals surface area contributed by atoms with Crippen molar-refractivity contribution in [2.75, 3.05) is 24.4 Å². The van der Waals surface area contributed by atoms with Crippen LogP contribution in [0.15, 0.2) is 65.3 Å². The normalized spacial score (nSPS) is 14.9. The predicted octanol–water partition coefficient (Wildman–Crippen LogP) is 3.74. The molecule has 2 aromatic rings. The van der Waals surface area contributed by atoms with E-state index in [2.05, 4.69) is 4.99 Å². The number of benzene rings is 2. The minimum absolute atomic E-state index is 0.0685. The SMILES string of the molecule is CCOC(=O)CSC1=NC(=Cc2ccccc2)C(=O)N1c1cccc(OC)c1. The van der Waals surface area contributed by atoms with Crippen molar-refractivity contribution in [2.24, 2.45) is 4.99 Å². The second kappa shape index (κ2) is 9.23. The number of rotatable bonds is 6. The summed E-state index contributed by atoms with van der Waals surface area (Å²) in [5.74, 6) is 0.0803. The maximum atomic E-state index is 13.1. The lowest BCUT2D eigenvalue weighted by Gasteiger charge is -2.18. The van der Waals surface area contributed by atoms with Crippen LogP contribution in [0.2, 0.25) is 0 Å². The molecule has 28 heavy (non-hydrogen) atoms. The lowest BCUT2D eigenvalue weighted by Crippen LogP contribution is -2.31. The molecule has 144 valence electrons. The molecular formula is C21H20N2O4S. The Balaban J connectivity index is 1.93. The summed E-state index contributed by atoms with van der Waals surface area (Å²) >= 11 is 1.17. The van der Waals surface area contributed by atoms with E-state index in [1.807, 2.05) is 30.3 Å². The number of methoxy groups -OCH3 is 1. The molecule has 0 N–H and O–H groups in total. The van der Waals surface area contributed by atoms with Gasteiger partial charge in [0.2, 0.25) is 0 Å². The van der Waals surface area contributed by atoms with Crippen molar-refractivity contribution in [1.29, 1.82) is 0 Å². The second-order valence-electron chi connectivity index (χ2n) is 5.77. The largest absolute Gasteiger partial charge is 0.497 e. The Bertz CT molecular complexity index is 925. The van der Waals surface area contributed by atoms with E-state index in [0.717, 1.165) is 5.56 Å². The molecule has 0 atom stereocenters. The fraction of sp³-hybridized carbons (Fsp3) is 0.190. The summed E-state index contributed by atoms with van der Waals surface area (Å²) in [5.41, 5.74) is 1.80. The van der Waals surface area contributed by atoms with Gasteiger partial charge in [-0.05, 0) is 30.7 Å². The molecular weight excluding hydrogens is 376 g/mol. The molecule has 0 spiro atoms. The van der Waals surface area contributed by atoms with E-state index < -0.39 is 0 Å². The number of hydrogen-bond donors (Lipinski definition) is 0. The van der Waals surface area contributed by atoms with E-state index >= 15 is 0 Å². The van der Waals surface area contributed by atoms with Crippen LogP contribution >= 0.6 is 11.8 Å². The molecule has 0 aliphatic carbocycles. The monoisotopic (exact) mass is 396 g/mol. The van der Waals surface area contributed by atoms with Gasteiger partial charge < -0.3 is 9.47 Å². The molecule has 6 nitrogen and oxygen atoms in total. The first-order valence-electron chi connectivity index (χ1n) is 8.74. The van der Waals surface area contributed by atoms with E-state index in [1.165, 1.54) is 16.7 Å². The highest BCUT2D eigenvalue weighted by molar-refractivity contribution is 8.14. The number of esters is 1. The Morgan fingerprint density at radius 1 is 1.18 bits per heavy atom. The number of nitrogens with zero attached hydrogens (tertiary/aromatic N) is 2. The van der Waals surface area contributed by atoms with Crippen LogP contribution < -0.4 is 9.64 Å². The van der Waals surface area contributed by atoms with Crippen molar-refractivity contribution in [1.82, 2.24) is 0 Å². The highest BCUT2D eigenvalue weighted by atomic mass is 32.2. The Morgan fingerprint density at radius 3 is 2.68 bits per heavy atom. The summed E-state index contributed by atoms with van der Waals surface area (Å²) in [6, 6.07) is 16.6. The third-order valence-electron chi connectivity index (χ3n) is 3.87. The van der Waals surface area contributed by atoms with Gasteiger partial charge in [-0.25, -0.2) is 4.99 Å². The highest BCUT2D eigenvalue weighted by Gasteiger charge is 2.32. The molecule has 1 amide bonds. The van der Waals surface area contributed by atoms with Crippen LogP contribution in [-0.2, 0) is 14.3 Å². The zero-order valence-corrected chi connectivity index (χ0v) is 16.4. The first kappa shape index (κ1) is 19.7. The van der Waals surface area contributed by atoms with Gasteiger partial charge in [-0.1, -0.05) is 48.2 Å². The van der Waals surface area contributed by atoms with E-state index in [0.29, 0.717) is 28.9 Å². The summed E-state index contributed by atoms with van der Waals surface area (Å²) in [4.78, 5) is 30.8. The average molecular weight is 396 g/mol. The number of thioether (sulfide) groups is 1. The average Bonchev–Trinajstić information content (AvgIpc) is 3.02. The molecule has 7 heteroatoms. The third-order valence-corrected chi connectivity index (χ3v) is 4.78. The van der Waals surface area contributed by atoms with Gasteiger partial charge in [0.1, 0.15) is 11.4 Å². The van der Waals surface area contributed by atoms with Gasteiger partial charge in [-0.2, -0.15) is 0 Å². The van der Waals surface area contributed by atoms with Crippen molar-refractivity contribution >= 4 is 40.6 Å². The number of ether oxygens (including phenoxy) is 2. The predicted molar refractivity (Wildman–Crippen MR) is 111 cm³/mol. The van der Waals surface area contributed by atoms with E-state index in [1.54, 1.807) is 44.4 Å². The van der Waals surface area contributed by atoms with Gasteiger partial charge >= 0.3 is 5.97 Å². The molecule has 0 saturated carbocycles. The topological polar surface area (TPSA) is 68.2 Å². The fourth-order valence-corrected chi connectivity index (χ4v) is 3.41. The Kier molecular flexibility index (Phi) is 6.49. The number of amidine groups is 1. The summed E-state index contributed by atoms with van der Waals surface area (Å²) in [7, 11) is 1.57. The van der Waals surface area contributed by atoms with Crippen molar-refractivity contribution in [3.8, 4) is 5.75 Å². The standard InChI is InChI=1S/C21H20N2O4S/c1-3-27-19(24)14-28-21-22-18(12-15-8-5-4-6-9-15)20(25)23(21)16-10-7-11-17(13-16)26-2/h4-13H,3,14H2,1-2H3. The van der Waals surface area contributed by atoms with Crippen LogP contribution in [0.3, 0.4) is 0 Å². The Morgan fingerprint density at radius 2 is 1.96 bits per heavy atom. The molecule has 2 aromatic carbocycles. The Labute approximate surface area is 167 Å². The van der Waals surface area contributed by atoms with Crippen LogP contribution in [0.4, 0.5) is 5.69 Å². The summed E-state index contributed by atoms with van der Waals surface area (Å²) in [5, 5.41) is 0.425. The smallest absolute Gasteiger partial charge is 0.316 e. The number of hydrogen-bond acceptors (Lipinski definition) is 6. The van der Waals surface area contributed by atoms with Gasteiger partial charge in [0.15, 0.2) is 5.17 Å². The number of carbonyl (C=O) groups excluding carboxylic acids is 2. The number of aliphatic imine (C=N–C) groups is 1. The molecule has 0 radical (unpaired) electrons. The van der Waals surface area contributed by atoms with Gasteiger partial charge in [-0.15, -0.1) is 0 Å². The fourth-order valence-electron chi connectivity index (χ4n) is 2.60. The van der Waals surface area contributed by atoms with Gasteiger partial charge in [0.05, 0.1) is 25.2 Å². The van der Waals surface area contributed by atoms with E-state index in [4.69, 9.17) is 9.47 Å². The zero-order valence-electron chi connectivity index (χ0n) is 15.6. The van der Waals surface area contributed by atoms with Crippen molar-refractivity contribution in [2.45, 2.75) is 6.92 Å². The molecule has 0 aromatic heterocycles. The quantitative estimate of drug-likeness (QED) is 0.550.